The zero-order valence-corrected chi connectivity index (χ0v) is 16.0. The van der Waals surface area contributed by atoms with Crippen molar-refractivity contribution >= 4 is 27.6 Å². The minimum absolute atomic E-state index is 0.340. The SMILES string of the molecule is CC(C)CC(CNCc1ccc(Br)cc1N1CCOCC1)C(=O)O. The van der Waals surface area contributed by atoms with Crippen molar-refractivity contribution in [2.45, 2.75) is 26.8 Å². The van der Waals surface area contributed by atoms with E-state index in [9.17, 15) is 9.90 Å². The summed E-state index contributed by atoms with van der Waals surface area (Å²) in [4.78, 5) is 13.7. The van der Waals surface area contributed by atoms with Crippen LogP contribution in [0.3, 0.4) is 0 Å². The molecule has 1 unspecified atom stereocenters. The molecule has 0 radical (unpaired) electrons. The molecule has 1 heterocycles. The normalized spacial score (nSPS) is 16.4. The topological polar surface area (TPSA) is 61.8 Å². The summed E-state index contributed by atoms with van der Waals surface area (Å²) < 4.78 is 6.48. The molecule has 1 fully saturated rings. The molecule has 24 heavy (non-hydrogen) atoms. The molecule has 2 rings (SSSR count). The van der Waals surface area contributed by atoms with Crippen LogP contribution in [0.2, 0.25) is 0 Å². The summed E-state index contributed by atoms with van der Waals surface area (Å²) in [5.41, 5.74) is 2.38. The Labute approximate surface area is 152 Å². The number of anilines is 1. The lowest BCUT2D eigenvalue weighted by Crippen LogP contribution is -2.37. The highest BCUT2D eigenvalue weighted by atomic mass is 79.9. The smallest absolute Gasteiger partial charge is 0.307 e. The van der Waals surface area contributed by atoms with Crippen LogP contribution in [-0.4, -0.2) is 43.9 Å². The average molecular weight is 399 g/mol. The summed E-state index contributed by atoms with van der Waals surface area (Å²) in [6, 6.07) is 6.26. The standard InChI is InChI=1S/C18H27BrN2O3/c1-13(2)9-15(18(22)23)12-20-11-14-3-4-16(19)10-17(14)21-5-7-24-8-6-21/h3-4,10,13,15,20H,5-9,11-12H2,1-2H3,(H,22,23). The van der Waals surface area contributed by atoms with Crippen LogP contribution in [-0.2, 0) is 16.1 Å². The predicted molar refractivity (Wildman–Crippen MR) is 99.5 cm³/mol. The van der Waals surface area contributed by atoms with Gasteiger partial charge in [-0.3, -0.25) is 4.79 Å². The summed E-state index contributed by atoms with van der Waals surface area (Å²) in [6.45, 7) is 8.53. The predicted octanol–water partition coefficient (Wildman–Crippen LogP) is 3.12. The Bertz CT molecular complexity index is 545. The molecule has 0 aromatic heterocycles. The molecule has 0 saturated carbocycles. The van der Waals surface area contributed by atoms with Crippen LogP contribution in [0.5, 0.6) is 0 Å². The molecular weight excluding hydrogens is 372 g/mol. The highest BCUT2D eigenvalue weighted by Gasteiger charge is 2.19. The van der Waals surface area contributed by atoms with Crippen LogP contribution in [0.4, 0.5) is 5.69 Å². The average Bonchev–Trinajstić information content (AvgIpc) is 2.55. The Kier molecular flexibility index (Phi) is 7.52. The number of nitrogens with one attached hydrogen (secondary N) is 1. The number of nitrogens with zero attached hydrogens (tertiary/aromatic N) is 1. The lowest BCUT2D eigenvalue weighted by atomic mass is 9.97. The van der Waals surface area contributed by atoms with Crippen molar-refractivity contribution in [1.82, 2.24) is 5.32 Å². The van der Waals surface area contributed by atoms with Gasteiger partial charge >= 0.3 is 5.97 Å². The molecule has 1 saturated heterocycles. The number of hydrogen-bond acceptors (Lipinski definition) is 4. The van der Waals surface area contributed by atoms with E-state index in [0.717, 1.165) is 30.8 Å². The largest absolute Gasteiger partial charge is 0.481 e. The first-order chi connectivity index (χ1) is 11.5. The highest BCUT2D eigenvalue weighted by molar-refractivity contribution is 9.10. The summed E-state index contributed by atoms with van der Waals surface area (Å²) in [5, 5.41) is 12.7. The first-order valence-electron chi connectivity index (χ1n) is 8.52. The van der Waals surface area contributed by atoms with Crippen LogP contribution < -0.4 is 10.2 Å². The van der Waals surface area contributed by atoms with Crippen molar-refractivity contribution in [2.24, 2.45) is 11.8 Å². The van der Waals surface area contributed by atoms with Gasteiger partial charge in [0.1, 0.15) is 0 Å². The molecule has 1 aromatic carbocycles. The summed E-state index contributed by atoms with van der Waals surface area (Å²) in [6.07, 6.45) is 0.693. The Morgan fingerprint density at radius 1 is 1.38 bits per heavy atom. The molecule has 0 aliphatic carbocycles. The molecule has 2 N–H and O–H groups in total. The Morgan fingerprint density at radius 2 is 2.08 bits per heavy atom. The third-order valence-corrected chi connectivity index (χ3v) is 4.70. The second-order valence-corrected chi connectivity index (χ2v) is 7.58. The fourth-order valence-corrected chi connectivity index (χ4v) is 3.36. The van der Waals surface area contributed by atoms with Crippen LogP contribution >= 0.6 is 15.9 Å². The number of carboxylic acid groups (broad SMARTS) is 1. The van der Waals surface area contributed by atoms with Gasteiger partial charge in [-0.25, -0.2) is 0 Å². The number of morpholine rings is 1. The number of rotatable bonds is 8. The van der Waals surface area contributed by atoms with E-state index in [-0.39, 0.29) is 5.92 Å². The molecule has 6 heteroatoms. The molecule has 1 atom stereocenters. The number of aliphatic carboxylic acids is 1. The molecular formula is C18H27BrN2O3. The second-order valence-electron chi connectivity index (χ2n) is 6.67. The third kappa shape index (κ3) is 5.76. The van der Waals surface area contributed by atoms with Crippen LogP contribution in [0.1, 0.15) is 25.8 Å². The summed E-state index contributed by atoms with van der Waals surface area (Å²) in [5.74, 6) is -0.683. The molecule has 0 spiro atoms. The van der Waals surface area contributed by atoms with Crippen molar-refractivity contribution in [3.8, 4) is 0 Å². The first-order valence-corrected chi connectivity index (χ1v) is 9.31. The van der Waals surface area contributed by atoms with Crippen LogP contribution in [0, 0.1) is 11.8 Å². The van der Waals surface area contributed by atoms with Crippen molar-refractivity contribution in [3.05, 3.63) is 28.2 Å². The monoisotopic (exact) mass is 398 g/mol. The molecule has 134 valence electrons. The minimum Gasteiger partial charge on any atom is -0.481 e. The van der Waals surface area contributed by atoms with Gasteiger partial charge in [0.15, 0.2) is 0 Å². The van der Waals surface area contributed by atoms with Crippen molar-refractivity contribution < 1.29 is 14.6 Å². The molecule has 0 bridgehead atoms. The number of halogens is 1. The lowest BCUT2D eigenvalue weighted by molar-refractivity contribution is -0.142. The van der Waals surface area contributed by atoms with E-state index in [0.29, 0.717) is 25.4 Å². The number of benzene rings is 1. The third-order valence-electron chi connectivity index (χ3n) is 4.21. The van der Waals surface area contributed by atoms with E-state index in [1.54, 1.807) is 0 Å². The van der Waals surface area contributed by atoms with E-state index in [1.807, 2.05) is 6.07 Å². The molecule has 1 aromatic rings. The number of carboxylic acids is 1. The van der Waals surface area contributed by atoms with E-state index >= 15 is 0 Å². The first kappa shape index (κ1) is 19.2. The van der Waals surface area contributed by atoms with Gasteiger partial charge in [0.25, 0.3) is 0 Å². The zero-order valence-electron chi connectivity index (χ0n) is 14.4. The lowest BCUT2D eigenvalue weighted by Gasteiger charge is -2.31. The van der Waals surface area contributed by atoms with Crippen molar-refractivity contribution in [3.63, 3.8) is 0 Å². The zero-order chi connectivity index (χ0) is 17.5. The van der Waals surface area contributed by atoms with Gasteiger partial charge in [0.2, 0.25) is 0 Å². The van der Waals surface area contributed by atoms with Crippen molar-refractivity contribution in [2.75, 3.05) is 37.7 Å². The van der Waals surface area contributed by atoms with Gasteiger partial charge in [-0.2, -0.15) is 0 Å². The Balaban J connectivity index is 1.99. The van der Waals surface area contributed by atoms with Crippen LogP contribution in [0.15, 0.2) is 22.7 Å². The highest BCUT2D eigenvalue weighted by Crippen LogP contribution is 2.26. The van der Waals surface area contributed by atoms with Gasteiger partial charge in [-0.15, -0.1) is 0 Å². The number of carbonyl (C=O) groups is 1. The number of ether oxygens (including phenoxy) is 1. The van der Waals surface area contributed by atoms with Crippen LogP contribution in [0.25, 0.3) is 0 Å². The minimum atomic E-state index is -0.722. The van der Waals surface area contributed by atoms with Gasteiger partial charge in [0.05, 0.1) is 19.1 Å². The second kappa shape index (κ2) is 9.39. The van der Waals surface area contributed by atoms with Gasteiger partial charge in [-0.05, 0) is 30.0 Å². The summed E-state index contributed by atoms with van der Waals surface area (Å²) in [7, 11) is 0. The van der Waals surface area contributed by atoms with Crippen molar-refractivity contribution in [1.29, 1.82) is 0 Å². The Hall–Kier alpha value is -1.11. The van der Waals surface area contributed by atoms with E-state index in [4.69, 9.17) is 4.74 Å². The maximum atomic E-state index is 11.4. The van der Waals surface area contributed by atoms with E-state index < -0.39 is 5.97 Å². The molecule has 0 amide bonds. The fraction of sp³-hybridized carbons (Fsp3) is 0.611. The van der Waals surface area contributed by atoms with E-state index in [1.165, 1.54) is 11.3 Å². The maximum Gasteiger partial charge on any atom is 0.307 e. The summed E-state index contributed by atoms with van der Waals surface area (Å²) >= 11 is 3.54. The quantitative estimate of drug-likeness (QED) is 0.704. The number of hydrogen-bond donors (Lipinski definition) is 2. The van der Waals surface area contributed by atoms with E-state index in [2.05, 4.69) is 52.1 Å². The molecule has 1 aliphatic rings. The van der Waals surface area contributed by atoms with Gasteiger partial charge < -0.3 is 20.1 Å². The molecule has 1 aliphatic heterocycles. The maximum absolute atomic E-state index is 11.4. The van der Waals surface area contributed by atoms with Gasteiger partial charge in [-0.1, -0.05) is 35.8 Å². The van der Waals surface area contributed by atoms with Gasteiger partial charge in [0, 0.05) is 36.3 Å². The molecule has 5 nitrogen and oxygen atoms in total. The fourth-order valence-electron chi connectivity index (χ4n) is 3.01. The Morgan fingerprint density at radius 3 is 2.71 bits per heavy atom.